The predicted molar refractivity (Wildman–Crippen MR) is 111 cm³/mol. The van der Waals surface area contributed by atoms with Crippen LogP contribution in [0.25, 0.3) is 0 Å². The molecule has 0 aromatic heterocycles. The summed E-state index contributed by atoms with van der Waals surface area (Å²) >= 11 is 1.88. The maximum Gasteiger partial charge on any atom is 0.180 e. The Morgan fingerprint density at radius 3 is 1.74 bits per heavy atom. The van der Waals surface area contributed by atoms with Crippen LogP contribution < -0.4 is 32.6 Å². The number of aliphatic imine (C=N–C) groups is 1. The second kappa shape index (κ2) is 14.0. The van der Waals surface area contributed by atoms with Crippen LogP contribution >= 0.6 is 11.8 Å². The van der Waals surface area contributed by atoms with Gasteiger partial charge in [-0.25, -0.2) is 23.6 Å². The average molecular weight is 572 g/mol. The molecule has 2 aromatic carbocycles. The third-order valence-corrected chi connectivity index (χ3v) is 8.10. The fourth-order valence-electron chi connectivity index (χ4n) is 2.96. The molecule has 1 aliphatic rings. The maximum atomic E-state index is 8.60. The first-order chi connectivity index (χ1) is 16.0. The van der Waals surface area contributed by atoms with Crippen molar-refractivity contribution in [3.8, 4) is 0 Å². The van der Waals surface area contributed by atoms with E-state index in [1.807, 2.05) is 18.7 Å². The molecule has 0 saturated heterocycles. The molecule has 1 aliphatic heterocycles. The van der Waals surface area contributed by atoms with Crippen molar-refractivity contribution in [2.75, 3.05) is 12.4 Å². The Bertz CT molecular complexity index is 897. The summed E-state index contributed by atoms with van der Waals surface area (Å²) in [5.74, 6) is 1.79. The zero-order valence-corrected chi connectivity index (χ0v) is 22.6. The van der Waals surface area contributed by atoms with Crippen LogP contribution in [0.2, 0.25) is 0 Å². The Labute approximate surface area is 215 Å². The lowest BCUT2D eigenvalue weighted by molar-refractivity contribution is -2.00. The molecule has 196 valence electrons. The highest BCUT2D eigenvalue weighted by Crippen LogP contribution is 2.46. The molecular formula is C21H27Cl2NO9S2. The molecule has 10 nitrogen and oxygen atoms in total. The Morgan fingerprint density at radius 2 is 1.34 bits per heavy atom. The van der Waals surface area contributed by atoms with Gasteiger partial charge in [-0.1, -0.05) is 43.0 Å². The van der Waals surface area contributed by atoms with Gasteiger partial charge >= 0.3 is 0 Å². The van der Waals surface area contributed by atoms with Gasteiger partial charge in [-0.3, -0.25) is 0 Å². The number of fused-ring (bicyclic) bond motifs is 2. The minimum absolute atomic E-state index is 0.0304. The molecule has 35 heavy (non-hydrogen) atoms. The molecule has 2 aromatic rings. The minimum Gasteiger partial charge on any atom is -0.481 e. The zero-order valence-electron chi connectivity index (χ0n) is 19.5. The van der Waals surface area contributed by atoms with Gasteiger partial charge < -0.3 is 4.74 Å². The van der Waals surface area contributed by atoms with Gasteiger partial charge in [-0.05, 0) is 44.5 Å². The van der Waals surface area contributed by atoms with Gasteiger partial charge in [-0.15, -0.1) is 10.2 Å². The normalized spacial score (nSPS) is 14.0. The summed E-state index contributed by atoms with van der Waals surface area (Å²) < 4.78 is 72.4. The minimum atomic E-state index is -4.94. The number of benzene rings is 2. The Kier molecular flexibility index (Phi) is 12.7. The number of ether oxygens (including phenoxy) is 1. The van der Waals surface area contributed by atoms with Gasteiger partial charge in [0.15, 0.2) is 15.7 Å². The number of rotatable bonds is 5. The number of hydrogen-bond donors (Lipinski definition) is 1. The maximum absolute atomic E-state index is 8.60. The van der Waals surface area contributed by atoms with Gasteiger partial charge in [0.25, 0.3) is 0 Å². The van der Waals surface area contributed by atoms with Crippen molar-refractivity contribution in [1.29, 1.82) is 0 Å². The summed E-state index contributed by atoms with van der Waals surface area (Å²) in [7, 11) is -9.61. The smallest absolute Gasteiger partial charge is 0.180 e. The van der Waals surface area contributed by atoms with Crippen molar-refractivity contribution in [3.05, 3.63) is 48.5 Å². The lowest BCUT2D eigenvalue weighted by Gasteiger charge is -2.25. The van der Waals surface area contributed by atoms with E-state index in [2.05, 4.69) is 69.3 Å². The summed E-state index contributed by atoms with van der Waals surface area (Å²) in [6.07, 6.45) is 1.01. The Balaban J connectivity index is 0.000000519. The number of hydrogen-bond acceptors (Lipinski definition) is 11. The molecule has 0 atom stereocenters. The fraction of sp³-hybridized carbons (Fsp3) is 0.381. The quantitative estimate of drug-likeness (QED) is 0.218. The van der Waals surface area contributed by atoms with Crippen LogP contribution in [0.4, 0.5) is 0 Å². The standard InChI is InChI=1S/C21H26NOS2.2ClHO4/c1-5-14-23-16(2)22-21(3,4)15-25-19-12-8-6-10-17(19)24-18-11-7-9-13-20(18)25;2*2-1(3,4)5/h6-13H,5,14-15H2,1-4H3;2*(H,2,3,4,5)/q+1;;/p-1. The largest absolute Gasteiger partial charge is 0.481 e. The van der Waals surface area contributed by atoms with E-state index in [0.29, 0.717) is 0 Å². The molecule has 1 N–H and O–H groups in total. The third kappa shape index (κ3) is 14.3. The highest BCUT2D eigenvalue weighted by molar-refractivity contribution is 8.04. The first kappa shape index (κ1) is 31.9. The highest BCUT2D eigenvalue weighted by atomic mass is 35.7. The summed E-state index contributed by atoms with van der Waals surface area (Å²) in [5, 5.41) is 0. The van der Waals surface area contributed by atoms with Gasteiger partial charge in [-0.2, -0.15) is 14.0 Å². The molecule has 0 fully saturated rings. The lowest BCUT2D eigenvalue weighted by atomic mass is 10.1. The van der Waals surface area contributed by atoms with E-state index in [9.17, 15) is 0 Å². The molecule has 14 heteroatoms. The number of halogens is 2. The fourth-order valence-corrected chi connectivity index (χ4v) is 7.11. The van der Waals surface area contributed by atoms with E-state index >= 15 is 0 Å². The van der Waals surface area contributed by atoms with Crippen molar-refractivity contribution < 1.29 is 62.5 Å². The molecular weight excluding hydrogens is 545 g/mol. The van der Waals surface area contributed by atoms with Gasteiger partial charge in [0.1, 0.15) is 11.3 Å². The molecule has 0 bridgehead atoms. The van der Waals surface area contributed by atoms with Crippen LogP contribution in [0, 0.1) is 20.5 Å². The molecule has 0 radical (unpaired) electrons. The van der Waals surface area contributed by atoms with Gasteiger partial charge in [0.2, 0.25) is 0 Å². The van der Waals surface area contributed by atoms with Crippen LogP contribution in [0.5, 0.6) is 0 Å². The average Bonchev–Trinajstić information content (AvgIpc) is 2.69. The van der Waals surface area contributed by atoms with Crippen molar-refractivity contribution in [2.24, 2.45) is 4.99 Å². The lowest BCUT2D eigenvalue weighted by Crippen LogP contribution is -2.68. The van der Waals surface area contributed by atoms with Crippen molar-refractivity contribution in [1.82, 2.24) is 0 Å². The highest BCUT2D eigenvalue weighted by Gasteiger charge is 2.40. The summed E-state index contributed by atoms with van der Waals surface area (Å²) in [4.78, 5) is 10.5. The van der Waals surface area contributed by atoms with E-state index in [-0.39, 0.29) is 16.4 Å². The zero-order chi connectivity index (χ0) is 26.9. The van der Waals surface area contributed by atoms with Crippen molar-refractivity contribution in [2.45, 2.75) is 59.2 Å². The van der Waals surface area contributed by atoms with Crippen molar-refractivity contribution >= 4 is 28.6 Å². The molecule has 3 rings (SSSR count). The van der Waals surface area contributed by atoms with Crippen LogP contribution in [0.15, 0.2) is 73.1 Å². The molecule has 0 unspecified atom stereocenters. The summed E-state index contributed by atoms with van der Waals surface area (Å²) in [6, 6.07) is 17.6. The first-order valence-corrected chi connectivity index (χ1v) is 14.7. The molecule has 0 spiro atoms. The van der Waals surface area contributed by atoms with Crippen molar-refractivity contribution in [3.63, 3.8) is 0 Å². The van der Waals surface area contributed by atoms with E-state index in [1.165, 1.54) is 19.6 Å². The van der Waals surface area contributed by atoms with Gasteiger partial charge in [0, 0.05) is 6.92 Å². The van der Waals surface area contributed by atoms with E-state index in [0.717, 1.165) is 24.7 Å². The Hall–Kier alpha value is -1.13. The summed E-state index contributed by atoms with van der Waals surface area (Å²) in [6.45, 7) is 9.25. The molecule has 1 heterocycles. The number of nitrogens with zero attached hydrogens (tertiary/aromatic N) is 1. The topological polar surface area (TPSA) is 203 Å². The Morgan fingerprint density at radius 1 is 0.943 bits per heavy atom. The first-order valence-electron chi connectivity index (χ1n) is 10.0. The summed E-state index contributed by atoms with van der Waals surface area (Å²) in [5.41, 5.74) is -0.164. The van der Waals surface area contributed by atoms with E-state index in [1.54, 1.807) is 0 Å². The van der Waals surface area contributed by atoms with E-state index in [4.69, 9.17) is 47.0 Å². The van der Waals surface area contributed by atoms with Crippen LogP contribution in [0.1, 0.15) is 34.1 Å². The molecule has 0 amide bonds. The van der Waals surface area contributed by atoms with Crippen LogP contribution in [-0.4, -0.2) is 28.5 Å². The van der Waals surface area contributed by atoms with Crippen LogP contribution in [-0.2, 0) is 15.6 Å². The second-order valence-corrected chi connectivity index (χ2v) is 12.2. The van der Waals surface area contributed by atoms with Crippen LogP contribution in [0.3, 0.4) is 0 Å². The third-order valence-electron chi connectivity index (χ3n) is 3.92. The SMILES string of the molecule is CCCOC(C)=NC(C)(C)C[S+]1c2ccccc2Sc2ccccc21.[O-][Cl+3]([O-])([O-])O.[O-][Cl+3]([O-])([O-])[O-]. The van der Waals surface area contributed by atoms with Gasteiger partial charge in [0.05, 0.1) is 42.2 Å². The van der Waals surface area contributed by atoms with E-state index < -0.39 is 20.5 Å². The monoisotopic (exact) mass is 571 g/mol. The second-order valence-electron chi connectivity index (χ2n) is 7.60. The molecule has 0 saturated carbocycles. The predicted octanol–water partition coefficient (Wildman–Crippen LogP) is -3.07. The molecule has 0 aliphatic carbocycles.